The Bertz CT molecular complexity index is 408. The molecule has 2 N–H and O–H groups in total. The molecule has 0 saturated heterocycles. The molecule has 1 aliphatic rings. The molecule has 2 rings (SSSR count). The maximum atomic E-state index is 9.06. The van der Waals surface area contributed by atoms with Crippen LogP contribution in [0.4, 0.5) is 0 Å². The van der Waals surface area contributed by atoms with Gasteiger partial charge in [0.25, 0.3) is 0 Å². The summed E-state index contributed by atoms with van der Waals surface area (Å²) in [7, 11) is -1.39. The van der Waals surface area contributed by atoms with Crippen LogP contribution in [0.1, 0.15) is 18.4 Å². The molecule has 0 aliphatic heterocycles. The second-order valence-electron chi connectivity index (χ2n) is 3.64. The summed E-state index contributed by atoms with van der Waals surface area (Å²) in [6.07, 6.45) is 8.52. The van der Waals surface area contributed by atoms with Crippen LogP contribution in [0.2, 0.25) is 0 Å². The molecule has 0 heterocycles. The molecular weight excluding hydrogens is 187 g/mol. The van der Waals surface area contributed by atoms with E-state index in [0.717, 1.165) is 24.0 Å². The Morgan fingerprint density at radius 1 is 1.13 bits per heavy atom. The lowest BCUT2D eigenvalue weighted by Crippen LogP contribution is -2.29. The zero-order valence-electron chi connectivity index (χ0n) is 8.43. The lowest BCUT2D eigenvalue weighted by molar-refractivity contribution is 0.426. The monoisotopic (exact) mass is 200 g/mol. The van der Waals surface area contributed by atoms with Crippen molar-refractivity contribution in [3.63, 3.8) is 0 Å². The van der Waals surface area contributed by atoms with E-state index in [2.05, 4.69) is 18.2 Å². The van der Waals surface area contributed by atoms with E-state index in [1.54, 1.807) is 6.07 Å². The minimum atomic E-state index is -1.39. The number of hydrogen-bond acceptors (Lipinski definition) is 2. The maximum absolute atomic E-state index is 9.06. The predicted octanol–water partition coefficient (Wildman–Crippen LogP) is 1.10. The van der Waals surface area contributed by atoms with Gasteiger partial charge in [-0.3, -0.25) is 0 Å². The van der Waals surface area contributed by atoms with Crippen molar-refractivity contribution in [2.45, 2.75) is 12.8 Å². The first-order valence-electron chi connectivity index (χ1n) is 5.10. The van der Waals surface area contributed by atoms with E-state index in [9.17, 15) is 0 Å². The van der Waals surface area contributed by atoms with Gasteiger partial charge in [-0.2, -0.15) is 0 Å². The Morgan fingerprint density at radius 2 is 2.00 bits per heavy atom. The van der Waals surface area contributed by atoms with Crippen molar-refractivity contribution in [2.24, 2.45) is 0 Å². The summed E-state index contributed by atoms with van der Waals surface area (Å²) in [5.74, 6) is 0. The van der Waals surface area contributed by atoms with Crippen LogP contribution in [-0.4, -0.2) is 17.2 Å². The molecular formula is C12H13BO2. The fourth-order valence-corrected chi connectivity index (χ4v) is 1.71. The molecule has 2 nitrogen and oxygen atoms in total. The van der Waals surface area contributed by atoms with Gasteiger partial charge >= 0.3 is 7.12 Å². The normalized spacial score (nSPS) is 14.9. The smallest absolute Gasteiger partial charge is 0.423 e. The van der Waals surface area contributed by atoms with E-state index in [0.29, 0.717) is 5.46 Å². The van der Waals surface area contributed by atoms with Gasteiger partial charge < -0.3 is 10.0 Å². The molecule has 1 aromatic rings. The minimum Gasteiger partial charge on any atom is -0.423 e. The molecule has 0 radical (unpaired) electrons. The van der Waals surface area contributed by atoms with Crippen LogP contribution in [-0.2, 0) is 0 Å². The maximum Gasteiger partial charge on any atom is 0.488 e. The Hall–Kier alpha value is -1.32. The zero-order chi connectivity index (χ0) is 10.7. The standard InChI is InChI=1S/C12H13BO2/c14-13(15)12-8-4-7-11(9-12)10-5-2-1-3-6-10/h2,4-9,14-15H,1,3H2. The lowest BCUT2D eigenvalue weighted by atomic mass is 9.79. The molecule has 0 saturated carbocycles. The molecule has 15 heavy (non-hydrogen) atoms. The number of benzene rings is 1. The molecule has 0 fully saturated rings. The van der Waals surface area contributed by atoms with Crippen LogP contribution in [0, 0.1) is 0 Å². The number of hydrogen-bond donors (Lipinski definition) is 2. The third-order valence-electron chi connectivity index (χ3n) is 2.51. The Labute approximate surface area is 89.7 Å². The minimum absolute atomic E-state index is 0.535. The van der Waals surface area contributed by atoms with Gasteiger partial charge in [0.2, 0.25) is 0 Å². The van der Waals surface area contributed by atoms with Gasteiger partial charge in [0, 0.05) is 0 Å². The van der Waals surface area contributed by atoms with Gasteiger partial charge in [-0.1, -0.05) is 42.5 Å². The third-order valence-corrected chi connectivity index (χ3v) is 2.51. The van der Waals surface area contributed by atoms with Gasteiger partial charge in [-0.15, -0.1) is 0 Å². The molecule has 0 spiro atoms. The van der Waals surface area contributed by atoms with Gasteiger partial charge in [0.1, 0.15) is 0 Å². The lowest BCUT2D eigenvalue weighted by Gasteiger charge is -2.08. The average Bonchev–Trinajstić information content (AvgIpc) is 2.30. The first-order valence-corrected chi connectivity index (χ1v) is 5.10. The Kier molecular flexibility index (Phi) is 3.04. The van der Waals surface area contributed by atoms with E-state index < -0.39 is 7.12 Å². The molecule has 1 aliphatic carbocycles. The highest BCUT2D eigenvalue weighted by Gasteiger charge is 2.11. The van der Waals surface area contributed by atoms with Crippen molar-refractivity contribution in [3.8, 4) is 0 Å². The van der Waals surface area contributed by atoms with E-state index in [-0.39, 0.29) is 0 Å². The summed E-state index contributed by atoms with van der Waals surface area (Å²) in [6.45, 7) is 0. The zero-order valence-corrected chi connectivity index (χ0v) is 8.43. The summed E-state index contributed by atoms with van der Waals surface area (Å²) in [5.41, 5.74) is 2.73. The van der Waals surface area contributed by atoms with E-state index >= 15 is 0 Å². The van der Waals surface area contributed by atoms with Crippen molar-refractivity contribution in [1.82, 2.24) is 0 Å². The summed E-state index contributed by atoms with van der Waals surface area (Å²) >= 11 is 0. The first-order chi connectivity index (χ1) is 7.27. The Balaban J connectivity index is 2.32. The molecule has 0 amide bonds. The van der Waals surface area contributed by atoms with E-state index in [4.69, 9.17) is 10.0 Å². The molecule has 1 aromatic carbocycles. The highest BCUT2D eigenvalue weighted by atomic mass is 16.4. The number of rotatable bonds is 2. The van der Waals surface area contributed by atoms with Crippen LogP contribution in [0.15, 0.2) is 42.5 Å². The molecule has 0 atom stereocenters. The van der Waals surface area contributed by atoms with Crippen molar-refractivity contribution >= 4 is 18.2 Å². The SMILES string of the molecule is OB(O)c1cccc(C2=CCCC=C2)c1. The van der Waals surface area contributed by atoms with Gasteiger partial charge in [-0.25, -0.2) is 0 Å². The highest BCUT2D eigenvalue weighted by molar-refractivity contribution is 6.58. The molecule has 0 aromatic heterocycles. The van der Waals surface area contributed by atoms with Crippen molar-refractivity contribution in [2.75, 3.05) is 0 Å². The van der Waals surface area contributed by atoms with Crippen LogP contribution >= 0.6 is 0 Å². The Morgan fingerprint density at radius 3 is 2.67 bits per heavy atom. The van der Waals surface area contributed by atoms with Crippen molar-refractivity contribution in [1.29, 1.82) is 0 Å². The van der Waals surface area contributed by atoms with Crippen LogP contribution in [0.3, 0.4) is 0 Å². The topological polar surface area (TPSA) is 40.5 Å². The quantitative estimate of drug-likeness (QED) is 0.701. The first kappa shape index (κ1) is 10.2. The molecule has 3 heteroatoms. The fourth-order valence-electron chi connectivity index (χ4n) is 1.71. The van der Waals surface area contributed by atoms with Gasteiger partial charge in [0.15, 0.2) is 0 Å². The molecule has 0 unspecified atom stereocenters. The fraction of sp³-hybridized carbons (Fsp3) is 0.167. The second-order valence-corrected chi connectivity index (χ2v) is 3.64. The highest BCUT2D eigenvalue weighted by Crippen LogP contribution is 2.20. The van der Waals surface area contributed by atoms with Crippen LogP contribution in [0.25, 0.3) is 5.57 Å². The summed E-state index contributed by atoms with van der Waals surface area (Å²) < 4.78 is 0. The summed E-state index contributed by atoms with van der Waals surface area (Å²) in [5, 5.41) is 18.1. The largest absolute Gasteiger partial charge is 0.488 e. The van der Waals surface area contributed by atoms with Crippen LogP contribution in [0.5, 0.6) is 0 Å². The molecule has 76 valence electrons. The van der Waals surface area contributed by atoms with Crippen molar-refractivity contribution < 1.29 is 10.0 Å². The average molecular weight is 200 g/mol. The van der Waals surface area contributed by atoms with Crippen LogP contribution < -0.4 is 5.46 Å². The van der Waals surface area contributed by atoms with Gasteiger partial charge in [-0.05, 0) is 29.4 Å². The second kappa shape index (κ2) is 4.47. The summed E-state index contributed by atoms with van der Waals surface area (Å²) in [6, 6.07) is 7.34. The predicted molar refractivity (Wildman–Crippen MR) is 62.6 cm³/mol. The van der Waals surface area contributed by atoms with Crippen molar-refractivity contribution in [3.05, 3.63) is 48.1 Å². The summed E-state index contributed by atoms with van der Waals surface area (Å²) in [4.78, 5) is 0. The third kappa shape index (κ3) is 2.38. The van der Waals surface area contributed by atoms with E-state index in [1.807, 2.05) is 18.2 Å². The molecule has 0 bridgehead atoms. The van der Waals surface area contributed by atoms with E-state index in [1.165, 1.54) is 0 Å². The number of allylic oxidation sites excluding steroid dienone is 4. The van der Waals surface area contributed by atoms with Gasteiger partial charge in [0.05, 0.1) is 0 Å².